The van der Waals surface area contributed by atoms with Crippen molar-refractivity contribution in [2.24, 2.45) is 0 Å². The van der Waals surface area contributed by atoms with Crippen molar-refractivity contribution in [2.75, 3.05) is 13.1 Å². The zero-order chi connectivity index (χ0) is 15.0. The van der Waals surface area contributed by atoms with Gasteiger partial charge in [0, 0.05) is 12.1 Å². The number of carbonyl (C=O) groups excluding carboxylic acids is 1. The molecular weight excluding hydrogens is 257 g/mol. The normalized spacial score (nSPS) is 16.0. The third-order valence-electron chi connectivity index (χ3n) is 4.21. The number of nitrogens with zero attached hydrogens (tertiary/aromatic N) is 1. The van der Waals surface area contributed by atoms with Crippen LogP contribution in [0, 0.1) is 6.92 Å². The van der Waals surface area contributed by atoms with Crippen LogP contribution in [0.3, 0.4) is 0 Å². The maximum Gasteiger partial charge on any atom is 0.182 e. The smallest absolute Gasteiger partial charge is 0.182 e. The van der Waals surface area contributed by atoms with Crippen molar-refractivity contribution in [3.63, 3.8) is 0 Å². The fourth-order valence-corrected chi connectivity index (χ4v) is 3.09. The van der Waals surface area contributed by atoms with Gasteiger partial charge in [0.1, 0.15) is 0 Å². The molecule has 0 aromatic heterocycles. The van der Waals surface area contributed by atoms with Crippen LogP contribution in [0.2, 0.25) is 0 Å². The summed E-state index contributed by atoms with van der Waals surface area (Å²) in [7, 11) is 5.82. The van der Waals surface area contributed by atoms with Crippen LogP contribution in [0.4, 0.5) is 0 Å². The Morgan fingerprint density at radius 3 is 2.71 bits per heavy atom. The van der Waals surface area contributed by atoms with Crippen LogP contribution in [0.15, 0.2) is 36.4 Å². The van der Waals surface area contributed by atoms with Gasteiger partial charge in [0.05, 0.1) is 0 Å². The van der Waals surface area contributed by atoms with E-state index in [1.807, 2.05) is 16.9 Å². The largest absolute Gasteiger partial charge is 0.350 e. The highest BCUT2D eigenvalue weighted by Gasteiger charge is 2.15. The molecule has 1 aliphatic heterocycles. The van der Waals surface area contributed by atoms with E-state index in [-0.39, 0.29) is 5.78 Å². The summed E-state index contributed by atoms with van der Waals surface area (Å²) in [5.74, 6) is 0.117. The van der Waals surface area contributed by atoms with Crippen molar-refractivity contribution in [1.82, 2.24) is 4.81 Å². The fourth-order valence-electron chi connectivity index (χ4n) is 3.09. The lowest BCUT2D eigenvalue weighted by atomic mass is 9.89. The molecule has 3 heteroatoms. The summed E-state index contributed by atoms with van der Waals surface area (Å²) in [4.78, 5) is 13.7. The molecule has 104 valence electrons. The van der Waals surface area contributed by atoms with Gasteiger partial charge in [-0.3, -0.25) is 4.79 Å². The molecule has 0 N–H and O–H groups in total. The van der Waals surface area contributed by atoms with Gasteiger partial charge < -0.3 is 4.81 Å². The lowest BCUT2D eigenvalue weighted by Gasteiger charge is -2.24. The van der Waals surface area contributed by atoms with Gasteiger partial charge in [-0.2, -0.15) is 0 Å². The topological polar surface area (TPSA) is 20.3 Å². The molecule has 21 heavy (non-hydrogen) atoms. The number of carbonyl (C=O) groups is 1. The summed E-state index contributed by atoms with van der Waals surface area (Å²) < 4.78 is 0. The first-order valence-corrected chi connectivity index (χ1v) is 7.30. The van der Waals surface area contributed by atoms with Gasteiger partial charge in [-0.25, -0.2) is 0 Å². The lowest BCUT2D eigenvalue weighted by Crippen LogP contribution is -2.25. The highest BCUT2D eigenvalue weighted by Crippen LogP contribution is 2.32. The molecule has 0 unspecified atom stereocenters. The number of Topliss-reactive ketones (excluding diaryl/α,β-unsaturated/α-hetero) is 1. The van der Waals surface area contributed by atoms with Crippen LogP contribution in [0.5, 0.6) is 0 Å². The van der Waals surface area contributed by atoms with E-state index in [0.717, 1.165) is 36.0 Å². The summed E-state index contributed by atoms with van der Waals surface area (Å²) >= 11 is 0. The average molecular weight is 275 g/mol. The fraction of sp³-hybridized carbons (Fsp3) is 0.278. The van der Waals surface area contributed by atoms with E-state index >= 15 is 0 Å². The molecule has 2 radical (unpaired) electrons. The molecule has 0 fully saturated rings. The van der Waals surface area contributed by atoms with Crippen molar-refractivity contribution in [3.8, 4) is 0 Å². The Morgan fingerprint density at radius 1 is 1.24 bits per heavy atom. The number of hydrogen-bond acceptors (Lipinski definition) is 2. The number of fused-ring (bicyclic) bond motifs is 1. The van der Waals surface area contributed by atoms with E-state index in [4.69, 9.17) is 7.98 Å². The Balaban J connectivity index is 2.24. The number of rotatable bonds is 2. The third kappa shape index (κ3) is 2.54. The predicted octanol–water partition coefficient (Wildman–Crippen LogP) is 3.52. The van der Waals surface area contributed by atoms with Crippen LogP contribution in [0.1, 0.15) is 34.8 Å². The van der Waals surface area contributed by atoms with Gasteiger partial charge in [0.2, 0.25) is 0 Å². The molecule has 0 atom stereocenters. The standard InChI is InChI=1S/C18H18BNO/c1-12-6-7-16(14-8-10-20(19)11-9-14)17-5-3-4-15(13(2)21)18(12)17/h3-8H,9-11H2,1-2H3. The van der Waals surface area contributed by atoms with E-state index in [1.165, 1.54) is 16.5 Å². The van der Waals surface area contributed by atoms with Crippen LogP contribution >= 0.6 is 0 Å². The molecule has 2 aromatic carbocycles. The average Bonchev–Trinajstić information content (AvgIpc) is 2.48. The Bertz CT molecular complexity index is 748. The van der Waals surface area contributed by atoms with E-state index in [1.54, 1.807) is 6.92 Å². The van der Waals surface area contributed by atoms with Crippen molar-refractivity contribution in [2.45, 2.75) is 20.3 Å². The van der Waals surface area contributed by atoms with Gasteiger partial charge in [0.15, 0.2) is 13.8 Å². The molecule has 2 nitrogen and oxygen atoms in total. The molecule has 0 saturated heterocycles. The minimum absolute atomic E-state index is 0.117. The Labute approximate surface area is 126 Å². The van der Waals surface area contributed by atoms with Crippen molar-refractivity contribution in [3.05, 3.63) is 53.1 Å². The maximum atomic E-state index is 11.9. The first-order valence-electron chi connectivity index (χ1n) is 7.30. The molecule has 1 heterocycles. The molecular formula is C18H18BNO. The molecule has 3 rings (SSSR count). The maximum absolute atomic E-state index is 11.9. The number of aryl methyl sites for hydroxylation is 1. The second-order valence-corrected chi connectivity index (χ2v) is 5.69. The third-order valence-corrected chi connectivity index (χ3v) is 4.21. The highest BCUT2D eigenvalue weighted by molar-refractivity contribution is 6.10. The van der Waals surface area contributed by atoms with Crippen LogP contribution in [-0.4, -0.2) is 31.7 Å². The van der Waals surface area contributed by atoms with E-state index in [2.05, 4.69) is 31.2 Å². The zero-order valence-electron chi connectivity index (χ0n) is 12.5. The first-order chi connectivity index (χ1) is 10.1. The zero-order valence-corrected chi connectivity index (χ0v) is 12.5. The van der Waals surface area contributed by atoms with Gasteiger partial charge in [-0.15, -0.1) is 0 Å². The summed E-state index contributed by atoms with van der Waals surface area (Å²) in [6.07, 6.45) is 3.13. The van der Waals surface area contributed by atoms with Crippen molar-refractivity contribution >= 4 is 30.1 Å². The van der Waals surface area contributed by atoms with Gasteiger partial charge >= 0.3 is 0 Å². The first kappa shape index (κ1) is 14.1. The van der Waals surface area contributed by atoms with Gasteiger partial charge in [-0.1, -0.05) is 36.4 Å². The van der Waals surface area contributed by atoms with Crippen LogP contribution in [-0.2, 0) is 0 Å². The quantitative estimate of drug-likeness (QED) is 0.617. The second kappa shape index (κ2) is 5.49. The Morgan fingerprint density at radius 2 is 2.05 bits per heavy atom. The molecule has 2 aromatic rings. The monoisotopic (exact) mass is 275 g/mol. The second-order valence-electron chi connectivity index (χ2n) is 5.69. The number of benzene rings is 2. The molecule has 0 bridgehead atoms. The molecule has 0 spiro atoms. The van der Waals surface area contributed by atoms with Crippen molar-refractivity contribution in [1.29, 1.82) is 0 Å². The SMILES string of the molecule is [B]N1CC=C(c2ccc(C)c3c(C(C)=O)cccc23)CC1. The molecule has 0 amide bonds. The summed E-state index contributed by atoms with van der Waals surface area (Å²) in [6, 6.07) is 10.3. The number of ketones is 1. The van der Waals surface area contributed by atoms with Gasteiger partial charge in [0.25, 0.3) is 0 Å². The van der Waals surface area contributed by atoms with Gasteiger partial charge in [-0.05, 0) is 54.3 Å². The molecule has 0 aliphatic carbocycles. The highest BCUT2D eigenvalue weighted by atomic mass is 16.1. The predicted molar refractivity (Wildman–Crippen MR) is 88.6 cm³/mol. The number of hydrogen-bond donors (Lipinski definition) is 0. The lowest BCUT2D eigenvalue weighted by molar-refractivity contribution is 0.101. The van der Waals surface area contributed by atoms with Crippen LogP contribution < -0.4 is 0 Å². The van der Waals surface area contributed by atoms with Crippen molar-refractivity contribution < 1.29 is 4.79 Å². The minimum atomic E-state index is 0.117. The molecule has 1 aliphatic rings. The molecule has 0 saturated carbocycles. The van der Waals surface area contributed by atoms with E-state index in [0.29, 0.717) is 0 Å². The minimum Gasteiger partial charge on any atom is -0.350 e. The Kier molecular flexibility index (Phi) is 3.68. The Hall–Kier alpha value is -1.87. The van der Waals surface area contributed by atoms with Crippen LogP contribution in [0.25, 0.3) is 16.3 Å². The van der Waals surface area contributed by atoms with E-state index in [9.17, 15) is 4.79 Å². The van der Waals surface area contributed by atoms with E-state index < -0.39 is 0 Å². The summed E-state index contributed by atoms with van der Waals surface area (Å²) in [5, 5.41) is 2.25. The summed E-state index contributed by atoms with van der Waals surface area (Å²) in [6.45, 7) is 5.34. The summed E-state index contributed by atoms with van der Waals surface area (Å²) in [5.41, 5.74) is 4.51.